The Morgan fingerprint density at radius 2 is 2.20 bits per heavy atom. The molecule has 4 nitrogen and oxygen atoms in total. The highest BCUT2D eigenvalue weighted by Gasteiger charge is 2.20. The summed E-state index contributed by atoms with van der Waals surface area (Å²) in [6.45, 7) is 2.07. The van der Waals surface area contributed by atoms with Gasteiger partial charge in [-0.15, -0.1) is 24.0 Å². The van der Waals surface area contributed by atoms with Crippen LogP contribution in [-0.2, 0) is 0 Å². The van der Waals surface area contributed by atoms with Gasteiger partial charge in [-0.1, -0.05) is 6.07 Å². The molecule has 6 heteroatoms. The van der Waals surface area contributed by atoms with Crippen LogP contribution in [0.15, 0.2) is 29.3 Å². The van der Waals surface area contributed by atoms with E-state index in [0.29, 0.717) is 18.9 Å². The Labute approximate surface area is 136 Å². The second-order valence-electron chi connectivity index (χ2n) is 4.63. The smallest absolute Gasteiger partial charge is 0.191 e. The van der Waals surface area contributed by atoms with Gasteiger partial charge in [0.25, 0.3) is 0 Å². The molecule has 0 bridgehead atoms. The average Bonchev–Trinajstić information content (AvgIpc) is 3.22. The van der Waals surface area contributed by atoms with Crippen LogP contribution in [0, 0.1) is 11.7 Å². The minimum Gasteiger partial charge on any atom is -0.492 e. The molecule has 0 amide bonds. The van der Waals surface area contributed by atoms with E-state index in [1.165, 1.54) is 25.0 Å². The second kappa shape index (κ2) is 8.99. The maximum atomic E-state index is 12.9. The zero-order valence-corrected chi connectivity index (χ0v) is 13.9. The van der Waals surface area contributed by atoms with Crippen LogP contribution < -0.4 is 15.4 Å². The largest absolute Gasteiger partial charge is 0.492 e. The zero-order valence-electron chi connectivity index (χ0n) is 11.6. The van der Waals surface area contributed by atoms with Crippen molar-refractivity contribution in [3.63, 3.8) is 0 Å². The lowest BCUT2D eigenvalue weighted by atomic mass is 10.3. The van der Waals surface area contributed by atoms with Crippen LogP contribution in [0.5, 0.6) is 5.75 Å². The number of rotatable bonds is 6. The molecule has 0 aromatic heterocycles. The highest BCUT2D eigenvalue weighted by molar-refractivity contribution is 14.0. The molecular formula is C14H21FIN3O. The molecule has 1 fully saturated rings. The number of hydrogen-bond acceptors (Lipinski definition) is 2. The van der Waals surface area contributed by atoms with Crippen LogP contribution in [-0.4, -0.2) is 32.7 Å². The highest BCUT2D eigenvalue weighted by atomic mass is 127. The molecule has 1 saturated carbocycles. The molecule has 0 heterocycles. The fourth-order valence-corrected chi connectivity index (χ4v) is 1.68. The average molecular weight is 393 g/mol. The van der Waals surface area contributed by atoms with Crippen LogP contribution in [0.1, 0.15) is 12.8 Å². The molecule has 2 N–H and O–H groups in total. The fourth-order valence-electron chi connectivity index (χ4n) is 1.68. The Kier molecular flexibility index (Phi) is 7.64. The molecule has 0 atom stereocenters. The number of hydrogen-bond donors (Lipinski definition) is 2. The summed E-state index contributed by atoms with van der Waals surface area (Å²) in [6.07, 6.45) is 2.62. The lowest BCUT2D eigenvalue weighted by Gasteiger charge is -2.12. The summed E-state index contributed by atoms with van der Waals surface area (Å²) in [5, 5.41) is 6.42. The maximum absolute atomic E-state index is 12.9. The van der Waals surface area contributed by atoms with Crippen LogP contribution in [0.25, 0.3) is 0 Å². The Hall–Kier alpha value is -1.05. The van der Waals surface area contributed by atoms with Crippen LogP contribution in [0.4, 0.5) is 4.39 Å². The van der Waals surface area contributed by atoms with Gasteiger partial charge in [0.05, 0.1) is 6.54 Å². The summed E-state index contributed by atoms with van der Waals surface area (Å²) in [5.41, 5.74) is 0. The Morgan fingerprint density at radius 3 is 2.85 bits per heavy atom. The molecule has 0 saturated heterocycles. The van der Waals surface area contributed by atoms with E-state index in [9.17, 15) is 4.39 Å². The Balaban J connectivity index is 0.00000200. The molecule has 112 valence electrons. The van der Waals surface area contributed by atoms with E-state index in [1.54, 1.807) is 19.2 Å². The van der Waals surface area contributed by atoms with E-state index in [2.05, 4.69) is 15.6 Å². The number of nitrogens with zero attached hydrogens (tertiary/aromatic N) is 1. The van der Waals surface area contributed by atoms with Gasteiger partial charge in [0, 0.05) is 19.7 Å². The van der Waals surface area contributed by atoms with Gasteiger partial charge in [-0.2, -0.15) is 0 Å². The number of halogens is 2. The van der Waals surface area contributed by atoms with E-state index in [0.717, 1.165) is 18.4 Å². The van der Waals surface area contributed by atoms with Gasteiger partial charge in [-0.25, -0.2) is 4.39 Å². The van der Waals surface area contributed by atoms with Crippen molar-refractivity contribution in [2.45, 2.75) is 12.8 Å². The number of guanidine groups is 1. The van der Waals surface area contributed by atoms with E-state index >= 15 is 0 Å². The van der Waals surface area contributed by atoms with Crippen molar-refractivity contribution in [3.8, 4) is 5.75 Å². The number of nitrogens with one attached hydrogen (secondary N) is 2. The van der Waals surface area contributed by atoms with Gasteiger partial charge < -0.3 is 15.4 Å². The first-order chi connectivity index (χ1) is 9.28. The molecular weight excluding hydrogens is 372 g/mol. The van der Waals surface area contributed by atoms with Crippen molar-refractivity contribution in [2.75, 3.05) is 26.7 Å². The van der Waals surface area contributed by atoms with Crippen molar-refractivity contribution in [1.29, 1.82) is 0 Å². The molecule has 1 aliphatic carbocycles. The van der Waals surface area contributed by atoms with Gasteiger partial charge >= 0.3 is 0 Å². The third kappa shape index (κ3) is 6.40. The Morgan fingerprint density at radius 1 is 1.40 bits per heavy atom. The third-order valence-electron chi connectivity index (χ3n) is 2.94. The summed E-state index contributed by atoms with van der Waals surface area (Å²) in [5.74, 6) is 1.85. The summed E-state index contributed by atoms with van der Waals surface area (Å²) < 4.78 is 18.4. The second-order valence-corrected chi connectivity index (χ2v) is 4.63. The molecule has 1 aliphatic rings. The first kappa shape index (κ1) is 17.0. The van der Waals surface area contributed by atoms with Gasteiger partial charge in [-0.05, 0) is 30.9 Å². The summed E-state index contributed by atoms with van der Waals surface area (Å²) in [6, 6.07) is 6.15. The standard InChI is InChI=1S/C14H20FN3O.HI/c1-16-14(18-10-11-5-6-11)17-7-8-19-13-4-2-3-12(15)9-13;/h2-4,9,11H,5-8,10H2,1H3,(H2,16,17,18);1H. The normalized spacial score (nSPS) is 14.4. The van der Waals surface area contributed by atoms with Gasteiger partial charge in [0.2, 0.25) is 0 Å². The molecule has 1 aromatic rings. The molecule has 0 radical (unpaired) electrons. The predicted molar refractivity (Wildman–Crippen MR) is 89.4 cm³/mol. The molecule has 20 heavy (non-hydrogen) atoms. The van der Waals surface area contributed by atoms with Crippen LogP contribution in [0.3, 0.4) is 0 Å². The van der Waals surface area contributed by atoms with Crippen molar-refractivity contribution in [1.82, 2.24) is 10.6 Å². The SMILES string of the molecule is CN=C(NCCOc1cccc(F)c1)NCC1CC1.I. The van der Waals surface area contributed by atoms with Crippen LogP contribution in [0.2, 0.25) is 0 Å². The van der Waals surface area contributed by atoms with Crippen molar-refractivity contribution < 1.29 is 9.13 Å². The van der Waals surface area contributed by atoms with Gasteiger partial charge in [0.15, 0.2) is 5.96 Å². The Bertz CT molecular complexity index is 438. The van der Waals surface area contributed by atoms with Crippen molar-refractivity contribution in [2.24, 2.45) is 10.9 Å². The molecule has 0 spiro atoms. The summed E-state index contributed by atoms with van der Waals surface area (Å²) in [4.78, 5) is 4.13. The predicted octanol–water partition coefficient (Wildman–Crippen LogP) is 2.40. The van der Waals surface area contributed by atoms with Gasteiger partial charge in [-0.3, -0.25) is 4.99 Å². The molecule has 1 aromatic carbocycles. The fraction of sp³-hybridized carbons (Fsp3) is 0.500. The first-order valence-corrected chi connectivity index (χ1v) is 6.61. The zero-order chi connectivity index (χ0) is 13.5. The molecule has 0 unspecified atom stereocenters. The minimum atomic E-state index is -0.285. The number of ether oxygens (including phenoxy) is 1. The molecule has 0 aliphatic heterocycles. The number of aliphatic imine (C=N–C) groups is 1. The number of benzene rings is 1. The third-order valence-corrected chi connectivity index (χ3v) is 2.94. The maximum Gasteiger partial charge on any atom is 0.191 e. The lowest BCUT2D eigenvalue weighted by molar-refractivity contribution is 0.320. The monoisotopic (exact) mass is 393 g/mol. The molecule has 2 rings (SSSR count). The van der Waals surface area contributed by atoms with Crippen molar-refractivity contribution >= 4 is 29.9 Å². The minimum absolute atomic E-state index is 0. The summed E-state index contributed by atoms with van der Waals surface area (Å²) in [7, 11) is 1.75. The summed E-state index contributed by atoms with van der Waals surface area (Å²) >= 11 is 0. The quantitative estimate of drug-likeness (QED) is 0.338. The van der Waals surface area contributed by atoms with E-state index < -0.39 is 0 Å². The van der Waals surface area contributed by atoms with Crippen molar-refractivity contribution in [3.05, 3.63) is 30.1 Å². The van der Waals surface area contributed by atoms with E-state index in [4.69, 9.17) is 4.74 Å². The lowest BCUT2D eigenvalue weighted by Crippen LogP contribution is -2.40. The van der Waals surface area contributed by atoms with E-state index in [1.807, 2.05) is 0 Å². The highest BCUT2D eigenvalue weighted by Crippen LogP contribution is 2.27. The topological polar surface area (TPSA) is 45.7 Å². The first-order valence-electron chi connectivity index (χ1n) is 6.61. The van der Waals surface area contributed by atoms with E-state index in [-0.39, 0.29) is 29.8 Å². The van der Waals surface area contributed by atoms with Gasteiger partial charge in [0.1, 0.15) is 18.2 Å². The van der Waals surface area contributed by atoms with Crippen LogP contribution >= 0.6 is 24.0 Å².